The first-order valence-corrected chi connectivity index (χ1v) is 8.21. The molecule has 0 spiro atoms. The molecule has 2 unspecified atom stereocenters. The van der Waals surface area contributed by atoms with Crippen LogP contribution in [0.1, 0.15) is 49.6 Å². The van der Waals surface area contributed by atoms with Crippen LogP contribution in [0.15, 0.2) is 5.16 Å². The molecule has 1 fully saturated rings. The molecule has 0 radical (unpaired) electrons. The van der Waals surface area contributed by atoms with Crippen molar-refractivity contribution in [3.8, 4) is 0 Å². The Kier molecular flexibility index (Phi) is 5.22. The fourth-order valence-electron chi connectivity index (χ4n) is 2.56. The highest BCUT2D eigenvalue weighted by molar-refractivity contribution is 7.99. The molecule has 4 heteroatoms. The molecule has 1 N–H and O–H groups in total. The van der Waals surface area contributed by atoms with E-state index in [4.69, 9.17) is 0 Å². The first kappa shape index (κ1) is 14.8. The van der Waals surface area contributed by atoms with E-state index in [9.17, 15) is 0 Å². The monoisotopic (exact) mass is 279 g/mol. The number of thioether (sulfide) groups is 1. The van der Waals surface area contributed by atoms with Crippen molar-refractivity contribution >= 4 is 11.8 Å². The zero-order chi connectivity index (χ0) is 13.8. The maximum absolute atomic E-state index is 4.64. The summed E-state index contributed by atoms with van der Waals surface area (Å²) in [5.74, 6) is 0. The maximum Gasteiger partial charge on any atom is 0.188 e. The lowest BCUT2D eigenvalue weighted by atomic mass is 10.2. The number of rotatable bonds is 5. The van der Waals surface area contributed by atoms with Crippen LogP contribution in [0, 0.1) is 20.8 Å². The van der Waals surface area contributed by atoms with E-state index in [1.165, 1.54) is 31.2 Å². The molecular formula is C15H25N3S. The highest BCUT2D eigenvalue weighted by Gasteiger charge is 2.28. The molecule has 106 valence electrons. The van der Waals surface area contributed by atoms with E-state index in [0.29, 0.717) is 11.3 Å². The summed E-state index contributed by atoms with van der Waals surface area (Å²) in [6, 6.07) is 0.635. The van der Waals surface area contributed by atoms with Gasteiger partial charge in [-0.05, 0) is 52.1 Å². The Morgan fingerprint density at radius 3 is 2.47 bits per heavy atom. The Labute approximate surface area is 121 Å². The Morgan fingerprint density at radius 1 is 1.16 bits per heavy atom. The predicted molar refractivity (Wildman–Crippen MR) is 81.8 cm³/mol. The first-order chi connectivity index (χ1) is 9.11. The van der Waals surface area contributed by atoms with Crippen LogP contribution in [0.4, 0.5) is 0 Å². The molecule has 1 heterocycles. The van der Waals surface area contributed by atoms with Crippen molar-refractivity contribution in [2.75, 3.05) is 6.54 Å². The van der Waals surface area contributed by atoms with Gasteiger partial charge < -0.3 is 5.32 Å². The standard InChI is InChI=1S/C15H25N3S/c1-5-9-16-13-7-6-8-14(13)19-15-17-11(3)10(2)12(4)18-15/h13-14,16H,5-9H2,1-4H3. The van der Waals surface area contributed by atoms with E-state index in [2.05, 4.69) is 43.0 Å². The minimum absolute atomic E-state index is 0.632. The van der Waals surface area contributed by atoms with Crippen LogP contribution in [-0.2, 0) is 0 Å². The van der Waals surface area contributed by atoms with Gasteiger partial charge in [-0.2, -0.15) is 0 Å². The van der Waals surface area contributed by atoms with Crippen molar-refractivity contribution in [2.45, 2.75) is 69.8 Å². The summed E-state index contributed by atoms with van der Waals surface area (Å²) < 4.78 is 0. The van der Waals surface area contributed by atoms with E-state index >= 15 is 0 Å². The fraction of sp³-hybridized carbons (Fsp3) is 0.733. The smallest absolute Gasteiger partial charge is 0.188 e. The molecule has 1 aliphatic rings. The predicted octanol–water partition coefficient (Wildman–Crippen LogP) is 3.41. The lowest BCUT2D eigenvalue weighted by Crippen LogP contribution is -2.34. The average Bonchev–Trinajstić information content (AvgIpc) is 2.80. The molecule has 2 rings (SSSR count). The summed E-state index contributed by atoms with van der Waals surface area (Å²) in [5.41, 5.74) is 3.45. The van der Waals surface area contributed by atoms with Gasteiger partial charge in [0.05, 0.1) is 0 Å². The molecule has 0 aliphatic heterocycles. The van der Waals surface area contributed by atoms with Gasteiger partial charge in [-0.15, -0.1) is 0 Å². The van der Waals surface area contributed by atoms with Crippen LogP contribution >= 0.6 is 11.8 Å². The molecule has 1 saturated carbocycles. The van der Waals surface area contributed by atoms with Gasteiger partial charge in [-0.3, -0.25) is 0 Å². The topological polar surface area (TPSA) is 37.8 Å². The minimum Gasteiger partial charge on any atom is -0.313 e. The third-order valence-corrected chi connectivity index (χ3v) is 5.24. The number of aromatic nitrogens is 2. The molecule has 0 bridgehead atoms. The quantitative estimate of drug-likeness (QED) is 0.838. The normalized spacial score (nSPS) is 22.9. The van der Waals surface area contributed by atoms with Crippen LogP contribution in [0.25, 0.3) is 0 Å². The summed E-state index contributed by atoms with van der Waals surface area (Å²) >= 11 is 1.86. The zero-order valence-corrected chi connectivity index (χ0v) is 13.3. The first-order valence-electron chi connectivity index (χ1n) is 7.33. The molecule has 2 atom stereocenters. The Bertz CT molecular complexity index is 410. The van der Waals surface area contributed by atoms with Gasteiger partial charge >= 0.3 is 0 Å². The zero-order valence-electron chi connectivity index (χ0n) is 12.5. The van der Waals surface area contributed by atoms with Gasteiger partial charge in [-0.1, -0.05) is 25.1 Å². The second kappa shape index (κ2) is 6.71. The Hall–Kier alpha value is -0.610. The summed E-state index contributed by atoms with van der Waals surface area (Å²) in [6.07, 6.45) is 5.10. The van der Waals surface area contributed by atoms with Gasteiger partial charge in [0, 0.05) is 22.7 Å². The minimum atomic E-state index is 0.632. The Balaban J connectivity index is 2.03. The van der Waals surface area contributed by atoms with E-state index in [1.54, 1.807) is 0 Å². The second-order valence-corrected chi connectivity index (χ2v) is 6.66. The highest BCUT2D eigenvalue weighted by Crippen LogP contribution is 2.33. The largest absolute Gasteiger partial charge is 0.313 e. The van der Waals surface area contributed by atoms with Crippen molar-refractivity contribution in [1.82, 2.24) is 15.3 Å². The van der Waals surface area contributed by atoms with Crippen molar-refractivity contribution in [3.05, 3.63) is 17.0 Å². The number of hydrogen-bond acceptors (Lipinski definition) is 4. The molecule has 1 aromatic rings. The van der Waals surface area contributed by atoms with E-state index in [1.807, 2.05) is 11.8 Å². The number of hydrogen-bond donors (Lipinski definition) is 1. The van der Waals surface area contributed by atoms with E-state index in [-0.39, 0.29) is 0 Å². The summed E-state index contributed by atoms with van der Waals surface area (Å²) in [5, 5.41) is 5.25. The lowest BCUT2D eigenvalue weighted by molar-refractivity contribution is 0.530. The summed E-state index contributed by atoms with van der Waals surface area (Å²) in [4.78, 5) is 9.27. The summed E-state index contributed by atoms with van der Waals surface area (Å²) in [7, 11) is 0. The van der Waals surface area contributed by atoms with Gasteiger partial charge in [0.25, 0.3) is 0 Å². The maximum atomic E-state index is 4.64. The molecular weight excluding hydrogens is 254 g/mol. The van der Waals surface area contributed by atoms with Crippen LogP contribution in [0.3, 0.4) is 0 Å². The third kappa shape index (κ3) is 3.69. The van der Waals surface area contributed by atoms with Crippen molar-refractivity contribution in [1.29, 1.82) is 0 Å². The van der Waals surface area contributed by atoms with Crippen LogP contribution in [0.2, 0.25) is 0 Å². The second-order valence-electron chi connectivity index (χ2n) is 5.45. The lowest BCUT2D eigenvalue weighted by Gasteiger charge is -2.20. The SMILES string of the molecule is CCCNC1CCCC1Sc1nc(C)c(C)c(C)n1. The number of nitrogens with zero attached hydrogens (tertiary/aromatic N) is 2. The highest BCUT2D eigenvalue weighted by atomic mass is 32.2. The van der Waals surface area contributed by atoms with E-state index in [0.717, 1.165) is 23.1 Å². The van der Waals surface area contributed by atoms with Gasteiger partial charge in [0.15, 0.2) is 5.16 Å². The van der Waals surface area contributed by atoms with E-state index < -0.39 is 0 Å². The van der Waals surface area contributed by atoms with Crippen molar-refractivity contribution in [2.24, 2.45) is 0 Å². The van der Waals surface area contributed by atoms with Gasteiger partial charge in [0.1, 0.15) is 0 Å². The van der Waals surface area contributed by atoms with Crippen molar-refractivity contribution in [3.63, 3.8) is 0 Å². The van der Waals surface area contributed by atoms with Gasteiger partial charge in [0.2, 0.25) is 0 Å². The van der Waals surface area contributed by atoms with Gasteiger partial charge in [-0.25, -0.2) is 9.97 Å². The van der Waals surface area contributed by atoms with Crippen LogP contribution in [-0.4, -0.2) is 27.8 Å². The van der Waals surface area contributed by atoms with Crippen molar-refractivity contribution < 1.29 is 0 Å². The molecule has 1 aromatic heterocycles. The number of nitrogens with one attached hydrogen (secondary N) is 1. The van der Waals surface area contributed by atoms with Crippen LogP contribution in [0.5, 0.6) is 0 Å². The molecule has 3 nitrogen and oxygen atoms in total. The molecule has 0 aromatic carbocycles. The Morgan fingerprint density at radius 2 is 1.84 bits per heavy atom. The molecule has 0 amide bonds. The molecule has 19 heavy (non-hydrogen) atoms. The number of aryl methyl sites for hydroxylation is 2. The molecule has 1 aliphatic carbocycles. The molecule has 0 saturated heterocycles. The van der Waals surface area contributed by atoms with Crippen LogP contribution < -0.4 is 5.32 Å². The third-order valence-electron chi connectivity index (χ3n) is 3.98. The summed E-state index contributed by atoms with van der Waals surface area (Å²) in [6.45, 7) is 9.60. The fourth-order valence-corrected chi connectivity index (χ4v) is 3.89. The average molecular weight is 279 g/mol.